The molecule has 0 spiro atoms. The molecule has 18 heavy (non-hydrogen) atoms. The third kappa shape index (κ3) is 3.18. The predicted octanol–water partition coefficient (Wildman–Crippen LogP) is 2.01. The Labute approximate surface area is 109 Å². The molecule has 0 unspecified atom stereocenters. The van der Waals surface area contributed by atoms with Gasteiger partial charge in [-0.25, -0.2) is 0 Å². The fourth-order valence-electron chi connectivity index (χ4n) is 1.43. The van der Waals surface area contributed by atoms with Crippen LogP contribution in [0.5, 0.6) is 0 Å². The molecule has 2 aromatic rings. The molecule has 0 saturated heterocycles. The summed E-state index contributed by atoms with van der Waals surface area (Å²) in [5.41, 5.74) is 1.61. The van der Waals surface area contributed by atoms with Gasteiger partial charge in [-0.05, 0) is 18.5 Å². The van der Waals surface area contributed by atoms with Crippen LogP contribution in [0, 0.1) is 0 Å². The Kier molecular flexibility index (Phi) is 4.11. The largest absolute Gasteiger partial charge is 0.375 e. The highest BCUT2D eigenvalue weighted by Gasteiger charge is 2.07. The Bertz CT molecular complexity index is 553. The first-order valence-corrected chi connectivity index (χ1v) is 5.87. The van der Waals surface area contributed by atoms with E-state index in [0.717, 1.165) is 11.0 Å². The van der Waals surface area contributed by atoms with E-state index in [0.29, 0.717) is 31.2 Å². The summed E-state index contributed by atoms with van der Waals surface area (Å²) in [7, 11) is 0. The highest BCUT2D eigenvalue weighted by molar-refractivity contribution is 6.28. The van der Waals surface area contributed by atoms with E-state index in [1.807, 2.05) is 6.92 Å². The summed E-state index contributed by atoms with van der Waals surface area (Å²) < 4.78 is 5.38. The smallest absolute Gasteiger partial charge is 0.226 e. The van der Waals surface area contributed by atoms with E-state index in [1.54, 1.807) is 6.20 Å². The molecule has 6 nitrogen and oxygen atoms in total. The summed E-state index contributed by atoms with van der Waals surface area (Å²) in [4.78, 5) is 8.13. The highest BCUT2D eigenvalue weighted by atomic mass is 35.5. The third-order valence-corrected chi connectivity index (χ3v) is 2.34. The van der Waals surface area contributed by atoms with Crippen molar-refractivity contribution >= 4 is 28.5 Å². The summed E-state index contributed by atoms with van der Waals surface area (Å²) in [6, 6.07) is 0. The molecular formula is C11H14ClN5O. The molecule has 0 amide bonds. The molecule has 2 aromatic heterocycles. The third-order valence-electron chi connectivity index (χ3n) is 2.17. The predicted molar refractivity (Wildman–Crippen MR) is 70.8 cm³/mol. The van der Waals surface area contributed by atoms with Gasteiger partial charge in [0.2, 0.25) is 5.28 Å². The lowest BCUT2D eigenvalue weighted by atomic mass is 10.4. The van der Waals surface area contributed by atoms with Crippen molar-refractivity contribution in [3.63, 3.8) is 0 Å². The molecule has 0 aliphatic carbocycles. The van der Waals surface area contributed by atoms with E-state index < -0.39 is 0 Å². The number of ether oxygens (including phenoxy) is 1. The Hall–Kier alpha value is -1.66. The van der Waals surface area contributed by atoms with Crippen LogP contribution in [-0.2, 0) is 4.74 Å². The van der Waals surface area contributed by atoms with Crippen molar-refractivity contribution in [2.45, 2.75) is 6.92 Å². The molecule has 2 rings (SSSR count). The summed E-state index contributed by atoms with van der Waals surface area (Å²) in [5, 5.41) is 10.8. The van der Waals surface area contributed by atoms with Crippen molar-refractivity contribution in [3.05, 3.63) is 23.6 Å². The second kappa shape index (κ2) is 5.79. The van der Waals surface area contributed by atoms with Crippen LogP contribution in [0.25, 0.3) is 11.0 Å². The van der Waals surface area contributed by atoms with Crippen LogP contribution >= 0.6 is 11.6 Å². The molecule has 7 heteroatoms. The highest BCUT2D eigenvalue weighted by Crippen LogP contribution is 2.19. The quantitative estimate of drug-likeness (QED) is 0.476. The number of rotatable bonds is 6. The second-order valence-corrected chi connectivity index (χ2v) is 4.25. The van der Waals surface area contributed by atoms with Gasteiger partial charge in [0.15, 0.2) is 5.65 Å². The number of nitrogens with zero attached hydrogens (tertiary/aromatic N) is 3. The van der Waals surface area contributed by atoms with Gasteiger partial charge < -0.3 is 10.1 Å². The average molecular weight is 268 g/mol. The first kappa shape index (κ1) is 12.8. The van der Waals surface area contributed by atoms with Gasteiger partial charge in [-0.1, -0.05) is 12.2 Å². The SMILES string of the molecule is C=C(C)COCCNc1nc(Cl)nc2[nH]ncc12. The van der Waals surface area contributed by atoms with Crippen LogP contribution in [-0.4, -0.2) is 39.9 Å². The topological polar surface area (TPSA) is 75.7 Å². The van der Waals surface area contributed by atoms with Crippen LogP contribution in [0.1, 0.15) is 6.92 Å². The lowest BCUT2D eigenvalue weighted by Gasteiger charge is -2.07. The molecule has 0 aromatic carbocycles. The van der Waals surface area contributed by atoms with E-state index in [4.69, 9.17) is 16.3 Å². The van der Waals surface area contributed by atoms with E-state index in [1.165, 1.54) is 0 Å². The molecule has 0 fully saturated rings. The molecule has 0 bridgehead atoms. The summed E-state index contributed by atoms with van der Waals surface area (Å²) in [5.74, 6) is 0.651. The zero-order chi connectivity index (χ0) is 13.0. The number of hydrogen-bond donors (Lipinski definition) is 2. The Balaban J connectivity index is 1.94. The van der Waals surface area contributed by atoms with Gasteiger partial charge in [0, 0.05) is 6.54 Å². The molecule has 0 saturated carbocycles. The first-order chi connectivity index (χ1) is 8.66. The van der Waals surface area contributed by atoms with Gasteiger partial charge in [-0.15, -0.1) is 0 Å². The Morgan fingerprint density at radius 3 is 3.17 bits per heavy atom. The van der Waals surface area contributed by atoms with Gasteiger partial charge in [0.25, 0.3) is 0 Å². The Morgan fingerprint density at radius 1 is 1.56 bits per heavy atom. The molecule has 0 aliphatic heterocycles. The number of aromatic nitrogens is 4. The number of aromatic amines is 1. The average Bonchev–Trinajstić information content (AvgIpc) is 2.75. The molecular weight excluding hydrogens is 254 g/mol. The lowest BCUT2D eigenvalue weighted by Crippen LogP contribution is -2.11. The van der Waals surface area contributed by atoms with Crippen molar-refractivity contribution in [3.8, 4) is 0 Å². The van der Waals surface area contributed by atoms with Crippen molar-refractivity contribution < 1.29 is 4.74 Å². The monoisotopic (exact) mass is 267 g/mol. The molecule has 2 N–H and O–H groups in total. The maximum atomic E-state index is 5.81. The minimum atomic E-state index is 0.178. The molecule has 96 valence electrons. The molecule has 0 atom stereocenters. The van der Waals surface area contributed by atoms with Gasteiger partial charge >= 0.3 is 0 Å². The zero-order valence-corrected chi connectivity index (χ0v) is 10.8. The molecule has 0 aliphatic rings. The fraction of sp³-hybridized carbons (Fsp3) is 0.364. The summed E-state index contributed by atoms with van der Waals surface area (Å²) in [6.45, 7) is 7.44. The van der Waals surface area contributed by atoms with Gasteiger partial charge in [0.1, 0.15) is 5.82 Å². The first-order valence-electron chi connectivity index (χ1n) is 5.49. The lowest BCUT2D eigenvalue weighted by molar-refractivity contribution is 0.167. The number of nitrogens with one attached hydrogen (secondary N) is 2. The maximum Gasteiger partial charge on any atom is 0.226 e. The number of H-pyrrole nitrogens is 1. The van der Waals surface area contributed by atoms with Gasteiger partial charge in [0.05, 0.1) is 24.8 Å². The van der Waals surface area contributed by atoms with Crippen LogP contribution in [0.3, 0.4) is 0 Å². The fourth-order valence-corrected chi connectivity index (χ4v) is 1.60. The molecule has 2 heterocycles. The number of fused-ring (bicyclic) bond motifs is 1. The van der Waals surface area contributed by atoms with E-state index >= 15 is 0 Å². The van der Waals surface area contributed by atoms with E-state index in [-0.39, 0.29) is 5.28 Å². The van der Waals surface area contributed by atoms with E-state index in [9.17, 15) is 0 Å². The van der Waals surface area contributed by atoms with Crippen LogP contribution < -0.4 is 5.32 Å². The Morgan fingerprint density at radius 2 is 2.39 bits per heavy atom. The normalized spacial score (nSPS) is 10.8. The maximum absolute atomic E-state index is 5.81. The summed E-state index contributed by atoms with van der Waals surface area (Å²) >= 11 is 5.81. The van der Waals surface area contributed by atoms with Crippen LogP contribution in [0.4, 0.5) is 5.82 Å². The van der Waals surface area contributed by atoms with Gasteiger partial charge in [-0.2, -0.15) is 15.1 Å². The standard InChI is InChI=1S/C11H14ClN5O/c1-7(2)6-18-4-3-13-9-8-5-14-17-10(8)16-11(12)15-9/h5H,1,3-4,6H2,2H3,(H2,13,14,15,16,17). The van der Waals surface area contributed by atoms with Crippen molar-refractivity contribution in [1.82, 2.24) is 20.2 Å². The van der Waals surface area contributed by atoms with Crippen LogP contribution in [0.15, 0.2) is 18.3 Å². The number of halogens is 1. The van der Waals surface area contributed by atoms with E-state index in [2.05, 4.69) is 32.1 Å². The molecule has 0 radical (unpaired) electrons. The van der Waals surface area contributed by atoms with Gasteiger partial charge in [-0.3, -0.25) is 5.10 Å². The van der Waals surface area contributed by atoms with Crippen molar-refractivity contribution in [2.24, 2.45) is 0 Å². The van der Waals surface area contributed by atoms with Crippen molar-refractivity contribution in [1.29, 1.82) is 0 Å². The number of hydrogen-bond acceptors (Lipinski definition) is 5. The van der Waals surface area contributed by atoms with Crippen molar-refractivity contribution in [2.75, 3.05) is 25.1 Å². The zero-order valence-electron chi connectivity index (χ0n) is 10.0. The minimum absolute atomic E-state index is 0.178. The summed E-state index contributed by atoms with van der Waals surface area (Å²) in [6.07, 6.45) is 1.66. The minimum Gasteiger partial charge on any atom is -0.375 e. The second-order valence-electron chi connectivity index (χ2n) is 3.91. The van der Waals surface area contributed by atoms with Crippen LogP contribution in [0.2, 0.25) is 5.28 Å². The number of anilines is 1.